The number of nitrogens with zero attached hydrogens (tertiary/aromatic N) is 2. The Morgan fingerprint density at radius 2 is 2.05 bits per heavy atom. The van der Waals surface area contributed by atoms with Gasteiger partial charge in [-0.25, -0.2) is 4.98 Å². The summed E-state index contributed by atoms with van der Waals surface area (Å²) >= 11 is 6.00. The number of aromatic nitrogens is 2. The minimum atomic E-state index is -0.229. The standard InChI is InChI=1S/C15H16ClN3O/c1-15(2,3)12-7-10(8-13(16)19-12)14(20)18-11-5-4-6-17-9-11/h4-9H,1-3H3,(H,18,20). The molecular weight excluding hydrogens is 274 g/mol. The van der Waals surface area contributed by atoms with E-state index in [9.17, 15) is 4.79 Å². The first-order valence-corrected chi connectivity index (χ1v) is 6.63. The van der Waals surface area contributed by atoms with Crippen molar-refractivity contribution in [1.82, 2.24) is 9.97 Å². The van der Waals surface area contributed by atoms with E-state index in [2.05, 4.69) is 15.3 Å². The second kappa shape index (κ2) is 5.59. The molecule has 0 fully saturated rings. The average molecular weight is 290 g/mol. The molecule has 20 heavy (non-hydrogen) atoms. The van der Waals surface area contributed by atoms with Crippen LogP contribution in [0.1, 0.15) is 36.8 Å². The van der Waals surface area contributed by atoms with Gasteiger partial charge in [0.2, 0.25) is 0 Å². The molecule has 0 radical (unpaired) electrons. The van der Waals surface area contributed by atoms with Crippen molar-refractivity contribution in [1.29, 1.82) is 0 Å². The van der Waals surface area contributed by atoms with Gasteiger partial charge < -0.3 is 5.32 Å². The smallest absolute Gasteiger partial charge is 0.255 e. The van der Waals surface area contributed by atoms with Crippen LogP contribution in [-0.2, 0) is 5.41 Å². The molecule has 0 aliphatic carbocycles. The summed E-state index contributed by atoms with van der Waals surface area (Å²) in [4.78, 5) is 20.4. The van der Waals surface area contributed by atoms with Crippen LogP contribution in [0.2, 0.25) is 5.15 Å². The molecule has 2 aromatic heterocycles. The van der Waals surface area contributed by atoms with Gasteiger partial charge in [0.05, 0.1) is 11.9 Å². The Hall–Kier alpha value is -1.94. The molecule has 0 aliphatic rings. The highest BCUT2D eigenvalue weighted by Gasteiger charge is 2.19. The number of carbonyl (C=O) groups excluding carboxylic acids is 1. The highest BCUT2D eigenvalue weighted by molar-refractivity contribution is 6.29. The summed E-state index contributed by atoms with van der Waals surface area (Å²) < 4.78 is 0. The summed E-state index contributed by atoms with van der Waals surface area (Å²) in [5.41, 5.74) is 1.73. The summed E-state index contributed by atoms with van der Waals surface area (Å²) in [6, 6.07) is 6.86. The first-order chi connectivity index (χ1) is 9.36. The van der Waals surface area contributed by atoms with Crippen LogP contribution in [0.5, 0.6) is 0 Å². The Labute approximate surface area is 123 Å². The number of amides is 1. The van der Waals surface area contributed by atoms with Crippen LogP contribution in [0.4, 0.5) is 5.69 Å². The van der Waals surface area contributed by atoms with Crippen LogP contribution in [0.15, 0.2) is 36.7 Å². The van der Waals surface area contributed by atoms with Crippen molar-refractivity contribution in [3.05, 3.63) is 53.1 Å². The molecule has 2 aromatic rings. The number of carbonyl (C=O) groups is 1. The monoisotopic (exact) mass is 289 g/mol. The molecule has 0 saturated heterocycles. The van der Waals surface area contributed by atoms with E-state index in [1.54, 1.807) is 36.7 Å². The minimum Gasteiger partial charge on any atom is -0.321 e. The van der Waals surface area contributed by atoms with Gasteiger partial charge in [-0.15, -0.1) is 0 Å². The summed E-state index contributed by atoms with van der Waals surface area (Å²) in [6.07, 6.45) is 3.24. The summed E-state index contributed by atoms with van der Waals surface area (Å²) in [6.45, 7) is 6.07. The highest BCUT2D eigenvalue weighted by atomic mass is 35.5. The predicted molar refractivity (Wildman–Crippen MR) is 80.1 cm³/mol. The van der Waals surface area contributed by atoms with E-state index in [1.165, 1.54) is 0 Å². The average Bonchev–Trinajstić information content (AvgIpc) is 2.38. The third-order valence-corrected chi connectivity index (χ3v) is 2.94. The third kappa shape index (κ3) is 3.54. The number of nitrogens with one attached hydrogen (secondary N) is 1. The highest BCUT2D eigenvalue weighted by Crippen LogP contribution is 2.23. The van der Waals surface area contributed by atoms with Crippen molar-refractivity contribution in [2.24, 2.45) is 0 Å². The van der Waals surface area contributed by atoms with Crippen LogP contribution in [0, 0.1) is 0 Å². The topological polar surface area (TPSA) is 54.9 Å². The minimum absolute atomic E-state index is 0.172. The van der Waals surface area contributed by atoms with Gasteiger partial charge in [-0.05, 0) is 24.3 Å². The zero-order valence-corrected chi connectivity index (χ0v) is 12.4. The number of anilines is 1. The van der Waals surface area contributed by atoms with Gasteiger partial charge >= 0.3 is 0 Å². The lowest BCUT2D eigenvalue weighted by molar-refractivity contribution is 0.102. The van der Waals surface area contributed by atoms with Crippen LogP contribution in [-0.4, -0.2) is 15.9 Å². The molecule has 4 nitrogen and oxygen atoms in total. The van der Waals surface area contributed by atoms with Crippen molar-refractivity contribution in [2.75, 3.05) is 5.32 Å². The fourth-order valence-electron chi connectivity index (χ4n) is 1.65. The zero-order valence-electron chi connectivity index (χ0n) is 11.6. The Morgan fingerprint density at radius 3 is 2.65 bits per heavy atom. The number of halogens is 1. The third-order valence-electron chi connectivity index (χ3n) is 2.74. The maximum atomic E-state index is 12.2. The van der Waals surface area contributed by atoms with Crippen molar-refractivity contribution in [3.8, 4) is 0 Å². The van der Waals surface area contributed by atoms with Gasteiger partial charge in [-0.1, -0.05) is 32.4 Å². The van der Waals surface area contributed by atoms with Crippen LogP contribution >= 0.6 is 11.6 Å². The van der Waals surface area contributed by atoms with E-state index in [1.807, 2.05) is 20.8 Å². The molecule has 0 aromatic carbocycles. The van der Waals surface area contributed by atoms with Crippen molar-refractivity contribution in [3.63, 3.8) is 0 Å². The largest absolute Gasteiger partial charge is 0.321 e. The summed E-state index contributed by atoms with van der Waals surface area (Å²) in [5, 5.41) is 3.09. The normalized spacial score (nSPS) is 11.2. The quantitative estimate of drug-likeness (QED) is 0.858. The molecule has 5 heteroatoms. The SMILES string of the molecule is CC(C)(C)c1cc(C(=O)Nc2cccnc2)cc(Cl)n1. The molecule has 0 spiro atoms. The molecule has 0 unspecified atom stereocenters. The summed E-state index contributed by atoms with van der Waals surface area (Å²) in [5.74, 6) is -0.229. The number of hydrogen-bond acceptors (Lipinski definition) is 3. The van der Waals surface area contributed by atoms with Crippen molar-refractivity contribution >= 4 is 23.2 Å². The molecule has 0 saturated carbocycles. The maximum Gasteiger partial charge on any atom is 0.255 e. The second-order valence-electron chi connectivity index (χ2n) is 5.51. The molecule has 0 aliphatic heterocycles. The zero-order chi connectivity index (χ0) is 14.8. The van der Waals surface area contributed by atoms with Crippen LogP contribution in [0.3, 0.4) is 0 Å². The maximum absolute atomic E-state index is 12.2. The van der Waals surface area contributed by atoms with E-state index in [4.69, 9.17) is 11.6 Å². The van der Waals surface area contributed by atoms with Gasteiger partial charge in [0, 0.05) is 22.9 Å². The van der Waals surface area contributed by atoms with Gasteiger partial charge in [-0.3, -0.25) is 9.78 Å². The van der Waals surface area contributed by atoms with Gasteiger partial charge in [-0.2, -0.15) is 0 Å². The van der Waals surface area contributed by atoms with E-state index < -0.39 is 0 Å². The Kier molecular flexibility index (Phi) is 4.04. The van der Waals surface area contributed by atoms with Gasteiger partial charge in [0.1, 0.15) is 5.15 Å². The fourth-order valence-corrected chi connectivity index (χ4v) is 1.86. The molecule has 2 rings (SSSR count). The molecule has 0 bridgehead atoms. The molecule has 0 atom stereocenters. The Balaban J connectivity index is 2.29. The second-order valence-corrected chi connectivity index (χ2v) is 5.90. The molecule has 1 amide bonds. The van der Waals surface area contributed by atoms with Gasteiger partial charge in [0.15, 0.2) is 0 Å². The molecule has 2 heterocycles. The van der Waals surface area contributed by atoms with E-state index >= 15 is 0 Å². The van der Waals surface area contributed by atoms with Crippen molar-refractivity contribution in [2.45, 2.75) is 26.2 Å². The van der Waals surface area contributed by atoms with E-state index in [0.29, 0.717) is 16.4 Å². The number of pyridine rings is 2. The molecule has 104 valence electrons. The lowest BCUT2D eigenvalue weighted by atomic mass is 9.91. The van der Waals surface area contributed by atoms with Crippen LogP contribution in [0.25, 0.3) is 0 Å². The Bertz CT molecular complexity index is 621. The van der Waals surface area contributed by atoms with Gasteiger partial charge in [0.25, 0.3) is 5.91 Å². The Morgan fingerprint density at radius 1 is 1.30 bits per heavy atom. The molecular formula is C15H16ClN3O. The lowest BCUT2D eigenvalue weighted by Crippen LogP contribution is -2.17. The van der Waals surface area contributed by atoms with Crippen molar-refractivity contribution < 1.29 is 4.79 Å². The van der Waals surface area contributed by atoms with Crippen LogP contribution < -0.4 is 5.32 Å². The fraction of sp³-hybridized carbons (Fsp3) is 0.267. The number of hydrogen-bond donors (Lipinski definition) is 1. The predicted octanol–water partition coefficient (Wildman–Crippen LogP) is 3.68. The number of rotatable bonds is 2. The molecule has 1 N–H and O–H groups in total. The first kappa shape index (κ1) is 14.5. The van der Waals surface area contributed by atoms with E-state index in [-0.39, 0.29) is 11.3 Å². The summed E-state index contributed by atoms with van der Waals surface area (Å²) in [7, 11) is 0. The lowest BCUT2D eigenvalue weighted by Gasteiger charge is -2.18. The first-order valence-electron chi connectivity index (χ1n) is 6.26. The van der Waals surface area contributed by atoms with E-state index in [0.717, 1.165) is 5.69 Å².